The number of nitrogens with one attached hydrogen (secondary N) is 2. The molecule has 2 aromatic rings. The summed E-state index contributed by atoms with van der Waals surface area (Å²) in [5, 5.41) is 34.5. The van der Waals surface area contributed by atoms with Gasteiger partial charge in [-0.3, -0.25) is 14.6 Å². The third-order valence-electron chi connectivity index (χ3n) is 5.83. The number of anilines is 1. The molecule has 1 aromatic carbocycles. The lowest BCUT2D eigenvalue weighted by atomic mass is 9.84. The normalized spacial score (nSPS) is 15.3. The van der Waals surface area contributed by atoms with Crippen LogP contribution in [-0.4, -0.2) is 52.4 Å². The number of carbonyl (C=O) groups is 2. The summed E-state index contributed by atoms with van der Waals surface area (Å²) in [5.74, 6) is -2.02. The van der Waals surface area contributed by atoms with Gasteiger partial charge in [0.2, 0.25) is 5.91 Å². The Bertz CT molecular complexity index is 1120. The molecular weight excluding hydrogens is 443 g/mol. The van der Waals surface area contributed by atoms with Crippen molar-refractivity contribution in [2.45, 2.75) is 44.1 Å². The number of halogens is 1. The Balaban J connectivity index is 1.69. The number of hydrogen-bond acceptors (Lipinski definition) is 7. The van der Waals surface area contributed by atoms with Crippen LogP contribution in [0.4, 0.5) is 10.1 Å². The molecule has 4 N–H and O–H groups in total. The van der Waals surface area contributed by atoms with E-state index in [1.807, 2.05) is 0 Å². The summed E-state index contributed by atoms with van der Waals surface area (Å²) in [4.78, 5) is 29.2. The number of aliphatic hydroxyl groups excluding tert-OH is 1. The van der Waals surface area contributed by atoms with E-state index in [9.17, 15) is 29.5 Å². The van der Waals surface area contributed by atoms with Crippen molar-refractivity contribution in [2.75, 3.05) is 25.1 Å². The van der Waals surface area contributed by atoms with Crippen molar-refractivity contribution in [1.29, 1.82) is 5.26 Å². The minimum atomic E-state index is -1.04. The molecule has 2 heterocycles. The predicted octanol–water partition coefficient (Wildman–Crippen LogP) is 2.18. The van der Waals surface area contributed by atoms with Gasteiger partial charge in [-0.05, 0) is 24.3 Å². The highest BCUT2D eigenvalue weighted by Crippen LogP contribution is 2.33. The minimum Gasteiger partial charge on any atom is -0.508 e. The highest BCUT2D eigenvalue weighted by Gasteiger charge is 2.35. The number of phenols is 1. The molecule has 0 aliphatic carbocycles. The molecule has 10 heteroatoms. The Morgan fingerprint density at radius 1 is 1.29 bits per heavy atom. The van der Waals surface area contributed by atoms with Crippen molar-refractivity contribution in [1.82, 2.24) is 10.3 Å². The van der Waals surface area contributed by atoms with Gasteiger partial charge in [0.15, 0.2) is 0 Å². The molecule has 3 rings (SSSR count). The molecule has 0 saturated carbocycles. The lowest BCUT2D eigenvalue weighted by Gasteiger charge is -2.31. The molecule has 1 aliphatic rings. The quantitative estimate of drug-likeness (QED) is 0.485. The maximum atomic E-state index is 14.6. The van der Waals surface area contributed by atoms with Gasteiger partial charge in [-0.1, -0.05) is 13.8 Å². The first kappa shape index (κ1) is 25.1. The summed E-state index contributed by atoms with van der Waals surface area (Å²) in [6, 6.07) is 7.26. The van der Waals surface area contributed by atoms with Crippen LogP contribution in [0.3, 0.4) is 0 Å². The Kier molecular flexibility index (Phi) is 7.49. The van der Waals surface area contributed by atoms with Gasteiger partial charge in [-0.15, -0.1) is 0 Å². The number of hydrogen-bond donors (Lipinski definition) is 4. The van der Waals surface area contributed by atoms with Gasteiger partial charge in [0.25, 0.3) is 5.91 Å². The van der Waals surface area contributed by atoms with Crippen molar-refractivity contribution in [2.24, 2.45) is 0 Å². The third-order valence-corrected chi connectivity index (χ3v) is 5.83. The molecular formula is C24H27FN4O5. The van der Waals surface area contributed by atoms with E-state index < -0.39 is 28.6 Å². The van der Waals surface area contributed by atoms with Gasteiger partial charge >= 0.3 is 0 Å². The number of amides is 2. The fraction of sp³-hybridized carbons (Fsp3) is 0.417. The summed E-state index contributed by atoms with van der Waals surface area (Å²) in [7, 11) is 0. The van der Waals surface area contributed by atoms with Crippen LogP contribution < -0.4 is 10.6 Å². The summed E-state index contributed by atoms with van der Waals surface area (Å²) in [6.07, 6.45) is 1.70. The topological polar surface area (TPSA) is 145 Å². The molecule has 9 nitrogen and oxygen atoms in total. The Labute approximate surface area is 196 Å². The molecule has 0 atom stereocenters. The standard InChI is InChI=1S/C24H27FN4O5/c1-23(2,14-30)17-12-18(25)15(9-20(17)31)10-21(32)28-16-3-6-27-19(11-16)22(33)29-24(13-26)4-7-34-8-5-24/h3,6,9,11-12,30-31H,4-5,7-8,10,14H2,1-2H3,(H,29,33)(H,27,28,32). The van der Waals surface area contributed by atoms with Crippen LogP contribution in [0.1, 0.15) is 48.3 Å². The smallest absolute Gasteiger partial charge is 0.271 e. The van der Waals surface area contributed by atoms with Gasteiger partial charge in [0.1, 0.15) is 22.8 Å². The molecule has 180 valence electrons. The second-order valence-electron chi connectivity index (χ2n) is 8.92. The lowest BCUT2D eigenvalue weighted by Crippen LogP contribution is -2.51. The first-order valence-corrected chi connectivity index (χ1v) is 10.8. The maximum absolute atomic E-state index is 14.6. The van der Waals surface area contributed by atoms with E-state index in [-0.39, 0.29) is 41.3 Å². The number of pyridine rings is 1. The van der Waals surface area contributed by atoms with Crippen molar-refractivity contribution >= 4 is 17.5 Å². The van der Waals surface area contributed by atoms with Gasteiger partial charge < -0.3 is 25.6 Å². The zero-order valence-corrected chi connectivity index (χ0v) is 19.0. The second-order valence-corrected chi connectivity index (χ2v) is 8.92. The van der Waals surface area contributed by atoms with Crippen molar-refractivity contribution < 1.29 is 28.9 Å². The Morgan fingerprint density at radius 2 is 2.00 bits per heavy atom. The molecule has 1 aliphatic heterocycles. The van der Waals surface area contributed by atoms with Crippen LogP contribution in [0, 0.1) is 17.1 Å². The van der Waals surface area contributed by atoms with Crippen LogP contribution in [0.2, 0.25) is 0 Å². The second kappa shape index (κ2) is 10.2. The molecule has 0 spiro atoms. The summed E-state index contributed by atoms with van der Waals surface area (Å²) >= 11 is 0. The van der Waals surface area contributed by atoms with Gasteiger partial charge in [0.05, 0.1) is 19.1 Å². The van der Waals surface area contributed by atoms with E-state index in [2.05, 4.69) is 21.7 Å². The number of benzene rings is 1. The summed E-state index contributed by atoms with van der Waals surface area (Å²) in [5.41, 5.74) is -1.39. The fourth-order valence-electron chi connectivity index (χ4n) is 3.64. The highest BCUT2D eigenvalue weighted by molar-refractivity contribution is 5.96. The van der Waals surface area contributed by atoms with E-state index in [4.69, 9.17) is 4.74 Å². The maximum Gasteiger partial charge on any atom is 0.271 e. The Morgan fingerprint density at radius 3 is 2.65 bits per heavy atom. The van der Waals surface area contributed by atoms with Crippen LogP contribution in [-0.2, 0) is 21.4 Å². The van der Waals surface area contributed by atoms with E-state index in [0.29, 0.717) is 26.1 Å². The van der Waals surface area contributed by atoms with Crippen molar-refractivity contribution in [3.8, 4) is 11.8 Å². The van der Waals surface area contributed by atoms with E-state index in [0.717, 1.165) is 6.07 Å². The Hall–Kier alpha value is -3.55. The number of aliphatic hydroxyl groups is 1. The van der Waals surface area contributed by atoms with E-state index >= 15 is 0 Å². The SMILES string of the molecule is CC(C)(CO)c1cc(F)c(CC(=O)Nc2ccnc(C(=O)NC3(C#N)CCOCC3)c2)cc1O. The fourth-order valence-corrected chi connectivity index (χ4v) is 3.64. The monoisotopic (exact) mass is 470 g/mol. The first-order valence-electron chi connectivity index (χ1n) is 10.8. The van der Waals surface area contributed by atoms with Gasteiger partial charge in [-0.2, -0.15) is 5.26 Å². The van der Waals surface area contributed by atoms with Crippen LogP contribution in [0.25, 0.3) is 0 Å². The zero-order valence-electron chi connectivity index (χ0n) is 19.0. The first-order chi connectivity index (χ1) is 16.1. The van der Waals surface area contributed by atoms with E-state index in [1.165, 1.54) is 24.4 Å². The zero-order chi connectivity index (χ0) is 24.9. The number of nitriles is 1. The summed E-state index contributed by atoms with van der Waals surface area (Å²) < 4.78 is 19.8. The van der Waals surface area contributed by atoms with E-state index in [1.54, 1.807) is 13.8 Å². The molecule has 1 fully saturated rings. The number of rotatable bonds is 7. The highest BCUT2D eigenvalue weighted by atomic mass is 19.1. The van der Waals surface area contributed by atoms with Gasteiger partial charge in [0, 0.05) is 54.5 Å². The van der Waals surface area contributed by atoms with Crippen molar-refractivity contribution in [3.63, 3.8) is 0 Å². The lowest BCUT2D eigenvalue weighted by molar-refractivity contribution is -0.115. The largest absolute Gasteiger partial charge is 0.508 e. The van der Waals surface area contributed by atoms with Crippen LogP contribution >= 0.6 is 0 Å². The average molecular weight is 471 g/mol. The average Bonchev–Trinajstić information content (AvgIpc) is 2.81. The van der Waals surface area contributed by atoms with Crippen molar-refractivity contribution in [3.05, 3.63) is 53.1 Å². The minimum absolute atomic E-state index is 0.0123. The number of aromatic nitrogens is 1. The predicted molar refractivity (Wildman–Crippen MR) is 121 cm³/mol. The molecule has 0 bridgehead atoms. The number of nitrogens with zero attached hydrogens (tertiary/aromatic N) is 2. The van der Waals surface area contributed by atoms with Crippen LogP contribution in [0.5, 0.6) is 5.75 Å². The molecule has 0 unspecified atom stereocenters. The molecule has 1 aromatic heterocycles. The molecule has 0 radical (unpaired) electrons. The number of carbonyl (C=O) groups excluding carboxylic acids is 2. The third kappa shape index (κ3) is 5.68. The summed E-state index contributed by atoms with van der Waals surface area (Å²) in [6.45, 7) is 3.75. The molecule has 34 heavy (non-hydrogen) atoms. The van der Waals surface area contributed by atoms with Crippen LogP contribution in [0.15, 0.2) is 30.5 Å². The number of phenolic OH excluding ortho intramolecular Hbond substituents is 1. The number of ether oxygens (including phenoxy) is 1. The molecule has 1 saturated heterocycles. The van der Waals surface area contributed by atoms with Gasteiger partial charge in [-0.25, -0.2) is 4.39 Å². The molecule has 2 amide bonds. The number of aromatic hydroxyl groups is 1.